The number of rotatable bonds is 25. The van der Waals surface area contributed by atoms with Gasteiger partial charge in [0.05, 0.1) is 27.9 Å². The molecule has 5 aromatic carbocycles. The number of aryl methyl sites for hydroxylation is 1. The van der Waals surface area contributed by atoms with Crippen LogP contribution in [0.15, 0.2) is 115 Å². The Morgan fingerprint density at radius 2 is 1.36 bits per heavy atom. The van der Waals surface area contributed by atoms with E-state index in [1.54, 1.807) is 69.3 Å². The zero-order valence-electron chi connectivity index (χ0n) is 50.5. The second-order valence-electron chi connectivity index (χ2n) is 22.1. The maximum atomic E-state index is 15.2. The molecule has 8 N–H and O–H groups in total. The Hall–Kier alpha value is -8.82. The first-order chi connectivity index (χ1) is 41.1. The summed E-state index contributed by atoms with van der Waals surface area (Å²) in [7, 11) is 5.49. The van der Waals surface area contributed by atoms with E-state index in [2.05, 4.69) is 51.0 Å². The summed E-state index contributed by atoms with van der Waals surface area (Å²) < 4.78 is 27.9. The number of alkyl carbamates (subject to hydrolysis) is 1. The lowest BCUT2D eigenvalue weighted by Gasteiger charge is -2.33. The lowest BCUT2D eigenvalue weighted by molar-refractivity contribution is -0.145. The van der Waals surface area contributed by atoms with Crippen molar-refractivity contribution in [1.82, 2.24) is 36.8 Å². The first-order valence-corrected chi connectivity index (χ1v) is 28.9. The summed E-state index contributed by atoms with van der Waals surface area (Å²) in [5.41, 5.74) is 11.8. The smallest absolute Gasteiger partial charge is 0.407 e. The summed E-state index contributed by atoms with van der Waals surface area (Å²) in [6.45, 7) is 9.13. The van der Waals surface area contributed by atoms with Gasteiger partial charge in [-0.3, -0.25) is 28.8 Å². The monoisotopic (exact) mass is 1180 g/mol. The van der Waals surface area contributed by atoms with E-state index in [0.717, 1.165) is 40.9 Å². The van der Waals surface area contributed by atoms with Gasteiger partial charge >= 0.3 is 12.1 Å². The summed E-state index contributed by atoms with van der Waals surface area (Å²) >= 11 is 0. The Bertz CT molecular complexity index is 3130. The van der Waals surface area contributed by atoms with Gasteiger partial charge in [0, 0.05) is 43.3 Å². The second-order valence-corrected chi connectivity index (χ2v) is 22.1. The molecule has 460 valence electrons. The van der Waals surface area contributed by atoms with E-state index < -0.39 is 89.5 Å². The average molecular weight is 1180 g/mol. The van der Waals surface area contributed by atoms with Crippen LogP contribution in [0, 0.1) is 0 Å². The molecule has 21 nitrogen and oxygen atoms in total. The lowest BCUT2D eigenvalue weighted by Crippen LogP contribution is -2.60. The molecule has 0 aromatic heterocycles. The normalized spacial score (nSPS) is 16.0. The number of methoxy groups -OCH3 is 3. The van der Waals surface area contributed by atoms with Crippen LogP contribution in [0.4, 0.5) is 4.79 Å². The lowest BCUT2D eigenvalue weighted by atomic mass is 9.93. The molecule has 0 saturated heterocycles. The van der Waals surface area contributed by atoms with E-state index in [1.165, 1.54) is 40.9 Å². The van der Waals surface area contributed by atoms with E-state index in [4.69, 9.17) is 29.4 Å². The van der Waals surface area contributed by atoms with Gasteiger partial charge in [-0.1, -0.05) is 92.2 Å². The van der Waals surface area contributed by atoms with Gasteiger partial charge in [-0.2, -0.15) is 0 Å². The van der Waals surface area contributed by atoms with Gasteiger partial charge in [0.2, 0.25) is 23.6 Å². The minimum absolute atomic E-state index is 0.0154. The van der Waals surface area contributed by atoms with Crippen molar-refractivity contribution in [2.45, 2.75) is 135 Å². The number of hydrogen-bond acceptors (Lipinski definition) is 14. The molecular weight excluding hydrogens is 1100 g/mol. The number of unbranched alkanes of at least 4 members (excludes halogenated alkanes) is 2. The van der Waals surface area contributed by atoms with Crippen molar-refractivity contribution >= 4 is 47.5 Å². The van der Waals surface area contributed by atoms with Crippen LogP contribution in [0.25, 0.3) is 22.3 Å². The van der Waals surface area contributed by atoms with Crippen molar-refractivity contribution in [3.05, 3.63) is 143 Å². The van der Waals surface area contributed by atoms with E-state index in [-0.39, 0.29) is 56.6 Å². The minimum Gasteiger partial charge on any atom is -0.496 e. The van der Waals surface area contributed by atoms with Crippen molar-refractivity contribution in [3.8, 4) is 33.8 Å². The number of carbonyl (C=O) groups is 8. The highest BCUT2D eigenvalue weighted by molar-refractivity contribution is 6.00. The SMILES string of the molecule is CCCCc1ccc(-c2ccc(C(=O)N[C@H](CCOCc3ccccc3)C(=O)N[C@H](N)C(=O)N[C@@H](CCCCNC(=O)OC(C)(C)C)C(=O)N(C)[C@@H]3C(=O)N[C@@H](C)C(=O)N[C@H](C(=O)OC)Cc4ccc(OC)c(c4)-c4cc3ccc4OC)cc2)cc1. The number of likely N-dealkylation sites (N-methyl/N-ethyl adjacent to an activating group) is 1. The zero-order valence-corrected chi connectivity index (χ0v) is 50.5. The molecule has 1 aliphatic heterocycles. The van der Waals surface area contributed by atoms with Crippen LogP contribution in [-0.4, -0.2) is 130 Å². The largest absolute Gasteiger partial charge is 0.496 e. The first kappa shape index (κ1) is 66.3. The van der Waals surface area contributed by atoms with Gasteiger partial charge in [-0.25, -0.2) is 9.59 Å². The maximum absolute atomic E-state index is 15.2. The van der Waals surface area contributed by atoms with Gasteiger partial charge in [0.25, 0.3) is 11.8 Å². The van der Waals surface area contributed by atoms with Gasteiger partial charge in [-0.05, 0) is 136 Å². The number of carbonyl (C=O) groups excluding carboxylic acids is 8. The van der Waals surface area contributed by atoms with Crippen molar-refractivity contribution < 1.29 is 62.0 Å². The Balaban J connectivity index is 1.27. The van der Waals surface area contributed by atoms with Crippen molar-refractivity contribution in [1.29, 1.82) is 0 Å². The highest BCUT2D eigenvalue weighted by atomic mass is 16.6. The average Bonchev–Trinajstić information content (AvgIpc) is 1.39. The highest BCUT2D eigenvalue weighted by Crippen LogP contribution is 2.40. The number of nitrogens with two attached hydrogens (primary N) is 1. The van der Waals surface area contributed by atoms with Crippen LogP contribution in [0.2, 0.25) is 0 Å². The highest BCUT2D eigenvalue weighted by Gasteiger charge is 2.37. The van der Waals surface area contributed by atoms with Gasteiger partial charge in [0.1, 0.15) is 47.3 Å². The van der Waals surface area contributed by atoms with Crippen molar-refractivity contribution in [3.63, 3.8) is 0 Å². The summed E-state index contributed by atoms with van der Waals surface area (Å²) in [4.78, 5) is 113. The molecule has 6 rings (SSSR count). The number of amides is 7. The summed E-state index contributed by atoms with van der Waals surface area (Å²) in [6, 6.07) is 28.1. The van der Waals surface area contributed by atoms with E-state index >= 15 is 4.79 Å². The number of nitrogens with one attached hydrogen (secondary N) is 6. The maximum Gasteiger partial charge on any atom is 0.407 e. The Morgan fingerprint density at radius 1 is 0.709 bits per heavy atom. The standard InChI is InChI=1S/C65H82N8O13/c1-10-11-17-41-21-24-44(25-22-41)45-26-28-46(29-27-45)58(75)69-50(33-35-85-39-42-18-13-12-14-19-42)59(76)72-56(66)61(78)70-51(20-15-16-34-67-64(81)86-65(3,4)5)62(79)73(6)55-47-30-32-54(83-8)49(38-47)48-36-43(23-31-53(48)82-7)37-52(63(80)84-9)71-57(74)40(2)68-60(55)77/h12-14,18-19,21-32,36,38,40,50-52,55-56H,10-11,15-17,20,33-35,37,39,66H2,1-9H3,(H,67,81)(H,68,77)(H,69,75)(H,70,78)(H,71,74)(H,72,76)/t40-,50+,51-,52-,55-,56-/m0/s1. The Kier molecular flexibility index (Phi) is 24.6. The van der Waals surface area contributed by atoms with Crippen LogP contribution in [0.5, 0.6) is 11.5 Å². The molecule has 0 saturated carbocycles. The summed E-state index contributed by atoms with van der Waals surface area (Å²) in [6.07, 6.45) is 1.21. The van der Waals surface area contributed by atoms with Crippen LogP contribution in [0.3, 0.4) is 0 Å². The molecule has 6 atom stereocenters. The molecule has 4 bridgehead atoms. The Morgan fingerprint density at radius 3 is 2.00 bits per heavy atom. The molecule has 0 unspecified atom stereocenters. The third-order valence-electron chi connectivity index (χ3n) is 14.4. The third kappa shape index (κ3) is 19.1. The van der Waals surface area contributed by atoms with E-state index in [1.807, 2.05) is 54.6 Å². The van der Waals surface area contributed by atoms with E-state index in [9.17, 15) is 33.6 Å². The predicted octanol–water partition coefficient (Wildman–Crippen LogP) is 6.58. The van der Waals surface area contributed by atoms with Crippen LogP contribution in [-0.2, 0) is 62.4 Å². The third-order valence-corrected chi connectivity index (χ3v) is 14.4. The van der Waals surface area contributed by atoms with Crippen LogP contribution < -0.4 is 47.1 Å². The molecular formula is C65H82N8O13. The molecule has 0 fully saturated rings. The molecule has 0 radical (unpaired) electrons. The fourth-order valence-corrected chi connectivity index (χ4v) is 9.70. The number of esters is 1. The minimum atomic E-state index is -1.78. The molecule has 0 aliphatic carbocycles. The molecule has 21 heteroatoms. The molecule has 1 heterocycles. The van der Waals surface area contributed by atoms with Crippen LogP contribution in [0.1, 0.15) is 112 Å². The molecule has 5 aromatic rings. The number of benzene rings is 5. The first-order valence-electron chi connectivity index (χ1n) is 28.9. The number of ether oxygens (including phenoxy) is 5. The summed E-state index contributed by atoms with van der Waals surface area (Å²) in [5, 5.41) is 16.0. The molecule has 7 amide bonds. The number of hydrogen-bond donors (Lipinski definition) is 7. The van der Waals surface area contributed by atoms with Crippen molar-refractivity contribution in [2.24, 2.45) is 5.73 Å². The van der Waals surface area contributed by atoms with Crippen molar-refractivity contribution in [2.75, 3.05) is 41.5 Å². The second kappa shape index (κ2) is 31.9. The Labute approximate surface area is 503 Å². The van der Waals surface area contributed by atoms with E-state index in [0.29, 0.717) is 34.6 Å². The molecule has 1 aliphatic rings. The predicted molar refractivity (Wildman–Crippen MR) is 324 cm³/mol. The fraction of sp³-hybridized carbons (Fsp3) is 0.415. The van der Waals surface area contributed by atoms with Gasteiger partial charge in [-0.15, -0.1) is 0 Å². The fourth-order valence-electron chi connectivity index (χ4n) is 9.70. The molecule has 86 heavy (non-hydrogen) atoms. The van der Waals surface area contributed by atoms with Crippen LogP contribution >= 0.6 is 0 Å². The van der Waals surface area contributed by atoms with Gasteiger partial charge in [0.15, 0.2) is 6.17 Å². The number of nitrogens with zero attached hydrogens (tertiary/aromatic N) is 1. The summed E-state index contributed by atoms with van der Waals surface area (Å²) in [5.74, 6) is -4.66. The molecule has 0 spiro atoms. The van der Waals surface area contributed by atoms with Gasteiger partial charge < -0.3 is 66.2 Å². The number of fused-ring (bicyclic) bond motifs is 5. The topological polar surface area (TPSA) is 284 Å². The zero-order chi connectivity index (χ0) is 62.5. The quantitative estimate of drug-likeness (QED) is 0.0185.